The molecule has 0 aliphatic carbocycles. The molecule has 5 nitrogen and oxygen atoms in total. The highest BCUT2D eigenvalue weighted by Gasteiger charge is 2.10. The van der Waals surface area contributed by atoms with Crippen LogP contribution < -0.4 is 5.32 Å². The van der Waals surface area contributed by atoms with E-state index < -0.39 is 5.97 Å². The SMILES string of the molecule is Cc1ccc(C(=O)Nc2ccc(C(=O)O)cc2C)cn1. The van der Waals surface area contributed by atoms with Crippen LogP contribution >= 0.6 is 0 Å². The van der Waals surface area contributed by atoms with Gasteiger partial charge in [0.15, 0.2) is 0 Å². The third kappa shape index (κ3) is 3.00. The summed E-state index contributed by atoms with van der Waals surface area (Å²) in [5.74, 6) is -1.27. The van der Waals surface area contributed by atoms with Crippen LogP contribution in [0.1, 0.15) is 32.0 Å². The van der Waals surface area contributed by atoms with Gasteiger partial charge in [-0.3, -0.25) is 9.78 Å². The molecule has 0 bridgehead atoms. The van der Waals surface area contributed by atoms with Crippen LogP contribution in [0.2, 0.25) is 0 Å². The van der Waals surface area contributed by atoms with E-state index >= 15 is 0 Å². The molecule has 0 radical (unpaired) electrons. The molecule has 0 fully saturated rings. The molecule has 0 saturated heterocycles. The Morgan fingerprint density at radius 3 is 2.35 bits per heavy atom. The molecule has 0 spiro atoms. The number of carboxylic acid groups (broad SMARTS) is 1. The van der Waals surface area contributed by atoms with Crippen molar-refractivity contribution in [3.8, 4) is 0 Å². The fourth-order valence-electron chi connectivity index (χ4n) is 1.73. The molecular formula is C15H14N2O3. The molecule has 1 amide bonds. The first kappa shape index (κ1) is 13.7. The van der Waals surface area contributed by atoms with Gasteiger partial charge in [0.25, 0.3) is 5.91 Å². The summed E-state index contributed by atoms with van der Waals surface area (Å²) in [6.45, 7) is 3.59. The zero-order valence-electron chi connectivity index (χ0n) is 11.2. The number of carbonyl (C=O) groups is 2. The highest BCUT2D eigenvalue weighted by Crippen LogP contribution is 2.17. The van der Waals surface area contributed by atoms with Crippen LogP contribution in [0, 0.1) is 13.8 Å². The van der Waals surface area contributed by atoms with Gasteiger partial charge in [-0.2, -0.15) is 0 Å². The number of hydrogen-bond acceptors (Lipinski definition) is 3. The first-order valence-electron chi connectivity index (χ1n) is 6.05. The van der Waals surface area contributed by atoms with Crippen LogP contribution in [0.15, 0.2) is 36.5 Å². The van der Waals surface area contributed by atoms with Crippen molar-refractivity contribution in [1.29, 1.82) is 0 Å². The highest BCUT2D eigenvalue weighted by molar-refractivity contribution is 6.04. The monoisotopic (exact) mass is 270 g/mol. The molecule has 0 unspecified atom stereocenters. The fourth-order valence-corrected chi connectivity index (χ4v) is 1.73. The van der Waals surface area contributed by atoms with E-state index in [4.69, 9.17) is 5.11 Å². The molecular weight excluding hydrogens is 256 g/mol. The van der Waals surface area contributed by atoms with Crippen molar-refractivity contribution >= 4 is 17.6 Å². The number of aryl methyl sites for hydroxylation is 2. The molecule has 2 N–H and O–H groups in total. The zero-order valence-corrected chi connectivity index (χ0v) is 11.2. The molecule has 2 rings (SSSR count). The quantitative estimate of drug-likeness (QED) is 0.898. The van der Waals surface area contributed by atoms with E-state index in [-0.39, 0.29) is 11.5 Å². The molecule has 0 saturated carbocycles. The van der Waals surface area contributed by atoms with Crippen molar-refractivity contribution in [3.05, 3.63) is 58.9 Å². The van der Waals surface area contributed by atoms with Gasteiger partial charge in [0.1, 0.15) is 0 Å². The largest absolute Gasteiger partial charge is 0.478 e. The Morgan fingerprint density at radius 1 is 1.10 bits per heavy atom. The lowest BCUT2D eigenvalue weighted by Crippen LogP contribution is -2.13. The van der Waals surface area contributed by atoms with Gasteiger partial charge in [-0.15, -0.1) is 0 Å². The normalized spacial score (nSPS) is 10.1. The summed E-state index contributed by atoms with van der Waals surface area (Å²) >= 11 is 0. The first-order chi connectivity index (χ1) is 9.47. The average molecular weight is 270 g/mol. The number of amides is 1. The maximum absolute atomic E-state index is 12.0. The van der Waals surface area contributed by atoms with E-state index in [0.717, 1.165) is 5.69 Å². The molecule has 1 aromatic heterocycles. The molecule has 1 heterocycles. The van der Waals surface area contributed by atoms with Crippen LogP contribution in [0.25, 0.3) is 0 Å². The Hall–Kier alpha value is -2.69. The third-order valence-electron chi connectivity index (χ3n) is 2.90. The number of aromatic nitrogens is 1. The summed E-state index contributed by atoms with van der Waals surface area (Å²) in [7, 11) is 0. The zero-order chi connectivity index (χ0) is 14.7. The summed E-state index contributed by atoms with van der Waals surface area (Å²) in [5.41, 5.74) is 2.76. The van der Waals surface area contributed by atoms with Crippen molar-refractivity contribution in [1.82, 2.24) is 4.98 Å². The third-order valence-corrected chi connectivity index (χ3v) is 2.90. The molecule has 0 aliphatic heterocycles. The van der Waals surface area contributed by atoms with E-state index in [0.29, 0.717) is 16.8 Å². The summed E-state index contributed by atoms with van der Waals surface area (Å²) in [6.07, 6.45) is 1.51. The predicted molar refractivity (Wildman–Crippen MR) is 75.1 cm³/mol. The number of aromatic carboxylic acids is 1. The molecule has 1 aromatic carbocycles. The molecule has 2 aromatic rings. The van der Waals surface area contributed by atoms with Gasteiger partial charge in [0.05, 0.1) is 11.1 Å². The van der Waals surface area contributed by atoms with Crippen molar-refractivity contribution in [2.45, 2.75) is 13.8 Å². The molecule has 0 aliphatic rings. The lowest BCUT2D eigenvalue weighted by atomic mass is 10.1. The Labute approximate surface area is 116 Å². The Morgan fingerprint density at radius 2 is 1.80 bits per heavy atom. The maximum Gasteiger partial charge on any atom is 0.335 e. The second-order valence-corrected chi connectivity index (χ2v) is 4.48. The molecule has 20 heavy (non-hydrogen) atoms. The summed E-state index contributed by atoms with van der Waals surface area (Å²) in [4.78, 5) is 26.9. The van der Waals surface area contributed by atoms with Gasteiger partial charge >= 0.3 is 5.97 Å². The second kappa shape index (κ2) is 5.52. The number of nitrogens with one attached hydrogen (secondary N) is 1. The van der Waals surface area contributed by atoms with Gasteiger partial charge < -0.3 is 10.4 Å². The minimum atomic E-state index is -0.992. The Kier molecular flexibility index (Phi) is 3.79. The van der Waals surface area contributed by atoms with Gasteiger partial charge in [0.2, 0.25) is 0 Å². The predicted octanol–water partition coefficient (Wildman–Crippen LogP) is 2.65. The molecule has 0 atom stereocenters. The summed E-state index contributed by atoms with van der Waals surface area (Å²) in [6, 6.07) is 8.01. The van der Waals surface area contributed by atoms with Crippen LogP contribution in [-0.2, 0) is 0 Å². The second-order valence-electron chi connectivity index (χ2n) is 4.48. The van der Waals surface area contributed by atoms with Crippen molar-refractivity contribution in [2.24, 2.45) is 0 Å². The van der Waals surface area contributed by atoms with Crippen LogP contribution in [0.3, 0.4) is 0 Å². The number of benzene rings is 1. The number of carboxylic acids is 1. The van der Waals surface area contributed by atoms with E-state index in [2.05, 4.69) is 10.3 Å². The fraction of sp³-hybridized carbons (Fsp3) is 0.133. The van der Waals surface area contributed by atoms with Crippen LogP contribution in [-0.4, -0.2) is 22.0 Å². The number of carbonyl (C=O) groups excluding carboxylic acids is 1. The number of hydrogen-bond donors (Lipinski definition) is 2. The Balaban J connectivity index is 2.19. The molecule has 5 heteroatoms. The summed E-state index contributed by atoms with van der Waals surface area (Å²) < 4.78 is 0. The number of pyridine rings is 1. The van der Waals surface area contributed by atoms with E-state index in [9.17, 15) is 9.59 Å². The average Bonchev–Trinajstić information content (AvgIpc) is 2.41. The smallest absolute Gasteiger partial charge is 0.335 e. The summed E-state index contributed by atoms with van der Waals surface area (Å²) in [5, 5.41) is 11.6. The van der Waals surface area contributed by atoms with Crippen LogP contribution in [0.4, 0.5) is 5.69 Å². The van der Waals surface area contributed by atoms with E-state index in [1.165, 1.54) is 18.3 Å². The van der Waals surface area contributed by atoms with Gasteiger partial charge in [-0.1, -0.05) is 0 Å². The van der Waals surface area contributed by atoms with Crippen molar-refractivity contribution in [3.63, 3.8) is 0 Å². The van der Waals surface area contributed by atoms with Crippen molar-refractivity contribution in [2.75, 3.05) is 5.32 Å². The molecule has 102 valence electrons. The van der Waals surface area contributed by atoms with Gasteiger partial charge in [0, 0.05) is 17.6 Å². The lowest BCUT2D eigenvalue weighted by Gasteiger charge is -2.09. The van der Waals surface area contributed by atoms with Crippen molar-refractivity contribution < 1.29 is 14.7 Å². The standard InChI is InChI=1S/C15H14N2O3/c1-9-7-11(15(19)20)5-6-13(9)17-14(18)12-4-3-10(2)16-8-12/h3-8H,1-2H3,(H,17,18)(H,19,20). The van der Waals surface area contributed by atoms with E-state index in [1.54, 1.807) is 25.1 Å². The van der Waals surface area contributed by atoms with Gasteiger partial charge in [-0.05, 0) is 49.7 Å². The minimum absolute atomic E-state index is 0.192. The van der Waals surface area contributed by atoms with Gasteiger partial charge in [-0.25, -0.2) is 4.79 Å². The number of nitrogens with zero attached hydrogens (tertiary/aromatic N) is 1. The highest BCUT2D eigenvalue weighted by atomic mass is 16.4. The number of anilines is 1. The maximum atomic E-state index is 12.0. The Bertz CT molecular complexity index is 663. The minimum Gasteiger partial charge on any atom is -0.478 e. The van der Waals surface area contributed by atoms with E-state index in [1.807, 2.05) is 6.92 Å². The first-order valence-corrected chi connectivity index (χ1v) is 6.05. The number of rotatable bonds is 3. The van der Waals surface area contributed by atoms with Crippen LogP contribution in [0.5, 0.6) is 0 Å². The lowest BCUT2D eigenvalue weighted by molar-refractivity contribution is 0.0696. The topological polar surface area (TPSA) is 79.3 Å².